The van der Waals surface area contributed by atoms with Gasteiger partial charge >= 0.3 is 0 Å². The fraction of sp³-hybridized carbons (Fsp3) is 0.600. The first-order valence-corrected chi connectivity index (χ1v) is 6.56. The van der Waals surface area contributed by atoms with Crippen LogP contribution in [0.3, 0.4) is 0 Å². The zero-order valence-electron chi connectivity index (χ0n) is 11.0. The second-order valence-corrected chi connectivity index (χ2v) is 5.48. The molecule has 0 radical (unpaired) electrons. The molecule has 1 saturated heterocycles. The van der Waals surface area contributed by atoms with E-state index in [0.29, 0.717) is 5.92 Å². The zero-order valence-corrected chi connectivity index (χ0v) is 11.0. The monoisotopic (exact) mass is 233 g/mol. The minimum absolute atomic E-state index is 0.209. The molecular weight excluding hydrogens is 210 g/mol. The van der Waals surface area contributed by atoms with Crippen molar-refractivity contribution < 1.29 is 5.11 Å². The molecule has 2 rings (SSSR count). The third kappa shape index (κ3) is 2.88. The van der Waals surface area contributed by atoms with E-state index in [-0.39, 0.29) is 12.1 Å². The van der Waals surface area contributed by atoms with Crippen LogP contribution in [0.4, 0.5) is 0 Å². The van der Waals surface area contributed by atoms with Crippen LogP contribution in [-0.4, -0.2) is 17.7 Å². The highest BCUT2D eigenvalue weighted by molar-refractivity contribution is 5.31. The van der Waals surface area contributed by atoms with E-state index < -0.39 is 0 Å². The van der Waals surface area contributed by atoms with Crippen molar-refractivity contribution in [3.05, 3.63) is 34.9 Å². The SMILES string of the molecule is Cc1ccc(C(O)C2CC(C)CCN2)cc1C. The van der Waals surface area contributed by atoms with E-state index in [9.17, 15) is 5.11 Å². The Morgan fingerprint density at radius 2 is 2.06 bits per heavy atom. The maximum Gasteiger partial charge on any atom is 0.0943 e. The van der Waals surface area contributed by atoms with E-state index >= 15 is 0 Å². The molecule has 3 unspecified atom stereocenters. The topological polar surface area (TPSA) is 32.3 Å². The number of aliphatic hydroxyl groups is 1. The van der Waals surface area contributed by atoms with Crippen molar-refractivity contribution in [2.45, 2.75) is 45.8 Å². The van der Waals surface area contributed by atoms with Gasteiger partial charge in [0.25, 0.3) is 0 Å². The molecule has 2 N–H and O–H groups in total. The first kappa shape index (κ1) is 12.6. The van der Waals surface area contributed by atoms with Crippen molar-refractivity contribution in [1.82, 2.24) is 5.32 Å². The van der Waals surface area contributed by atoms with Gasteiger partial charge in [-0.15, -0.1) is 0 Å². The van der Waals surface area contributed by atoms with Crippen molar-refractivity contribution in [1.29, 1.82) is 0 Å². The number of hydrogen-bond acceptors (Lipinski definition) is 2. The molecule has 0 aliphatic carbocycles. The summed E-state index contributed by atoms with van der Waals surface area (Å²) < 4.78 is 0. The average molecular weight is 233 g/mol. The number of piperidine rings is 1. The van der Waals surface area contributed by atoms with E-state index in [1.54, 1.807) is 0 Å². The normalized spacial score (nSPS) is 26.8. The Balaban J connectivity index is 2.12. The first-order chi connectivity index (χ1) is 8.08. The molecule has 17 heavy (non-hydrogen) atoms. The largest absolute Gasteiger partial charge is 0.387 e. The smallest absolute Gasteiger partial charge is 0.0943 e. The van der Waals surface area contributed by atoms with Gasteiger partial charge in [-0.2, -0.15) is 0 Å². The summed E-state index contributed by atoms with van der Waals surface area (Å²) in [5.74, 6) is 0.711. The van der Waals surface area contributed by atoms with Gasteiger partial charge < -0.3 is 10.4 Å². The lowest BCUT2D eigenvalue weighted by Crippen LogP contribution is -2.41. The summed E-state index contributed by atoms with van der Waals surface area (Å²) in [6, 6.07) is 6.47. The summed E-state index contributed by atoms with van der Waals surface area (Å²) in [5, 5.41) is 13.8. The highest BCUT2D eigenvalue weighted by Gasteiger charge is 2.25. The van der Waals surface area contributed by atoms with Crippen LogP contribution in [0, 0.1) is 19.8 Å². The Morgan fingerprint density at radius 3 is 2.71 bits per heavy atom. The predicted molar refractivity (Wildman–Crippen MR) is 71.1 cm³/mol. The minimum Gasteiger partial charge on any atom is -0.387 e. The lowest BCUT2D eigenvalue weighted by Gasteiger charge is -2.32. The molecule has 0 amide bonds. The van der Waals surface area contributed by atoms with E-state index in [2.05, 4.69) is 38.2 Å². The Labute approximate surface area is 104 Å². The quantitative estimate of drug-likeness (QED) is 0.823. The molecule has 0 aromatic heterocycles. The highest BCUT2D eigenvalue weighted by Crippen LogP contribution is 2.26. The van der Waals surface area contributed by atoms with Crippen molar-refractivity contribution in [2.75, 3.05) is 6.54 Å². The molecule has 2 nitrogen and oxygen atoms in total. The van der Waals surface area contributed by atoms with Gasteiger partial charge in [-0.05, 0) is 55.8 Å². The molecule has 1 aromatic rings. The molecule has 0 spiro atoms. The van der Waals surface area contributed by atoms with E-state index in [0.717, 1.165) is 18.5 Å². The van der Waals surface area contributed by atoms with Gasteiger partial charge in [-0.3, -0.25) is 0 Å². The van der Waals surface area contributed by atoms with Gasteiger partial charge in [-0.25, -0.2) is 0 Å². The number of benzene rings is 1. The summed E-state index contributed by atoms with van der Waals surface area (Å²) in [4.78, 5) is 0. The molecule has 2 heteroatoms. The van der Waals surface area contributed by atoms with Gasteiger partial charge in [0.15, 0.2) is 0 Å². The molecule has 1 aromatic carbocycles. The van der Waals surface area contributed by atoms with Gasteiger partial charge in [0, 0.05) is 6.04 Å². The van der Waals surface area contributed by atoms with Crippen LogP contribution < -0.4 is 5.32 Å². The molecule has 1 fully saturated rings. The van der Waals surface area contributed by atoms with E-state index in [1.807, 2.05) is 6.07 Å². The summed E-state index contributed by atoms with van der Waals surface area (Å²) in [6.45, 7) is 7.49. The van der Waals surface area contributed by atoms with Crippen LogP contribution in [-0.2, 0) is 0 Å². The average Bonchev–Trinajstić information content (AvgIpc) is 2.32. The fourth-order valence-electron chi connectivity index (χ4n) is 2.57. The molecule has 94 valence electrons. The maximum atomic E-state index is 10.4. The van der Waals surface area contributed by atoms with Crippen LogP contribution in [0.15, 0.2) is 18.2 Å². The molecule has 0 saturated carbocycles. The number of aliphatic hydroxyl groups excluding tert-OH is 1. The second kappa shape index (κ2) is 5.19. The maximum absolute atomic E-state index is 10.4. The standard InChI is InChI=1S/C15H23NO/c1-10-6-7-16-14(8-10)15(17)13-5-4-11(2)12(3)9-13/h4-5,9-10,14-17H,6-8H2,1-3H3. The highest BCUT2D eigenvalue weighted by atomic mass is 16.3. The fourth-order valence-corrected chi connectivity index (χ4v) is 2.57. The third-order valence-corrected chi connectivity index (χ3v) is 3.95. The Morgan fingerprint density at radius 1 is 1.29 bits per heavy atom. The Bertz CT molecular complexity index is 389. The molecule has 0 bridgehead atoms. The van der Waals surface area contributed by atoms with Crippen LogP contribution in [0.25, 0.3) is 0 Å². The summed E-state index contributed by atoms with van der Waals surface area (Å²) in [7, 11) is 0. The van der Waals surface area contributed by atoms with Crippen molar-refractivity contribution in [3.63, 3.8) is 0 Å². The Hall–Kier alpha value is -0.860. The predicted octanol–water partition coefficient (Wildman–Crippen LogP) is 2.72. The van der Waals surface area contributed by atoms with Crippen molar-refractivity contribution in [2.24, 2.45) is 5.92 Å². The Kier molecular flexibility index (Phi) is 3.85. The minimum atomic E-state index is -0.378. The van der Waals surface area contributed by atoms with Gasteiger partial charge in [0.1, 0.15) is 0 Å². The van der Waals surface area contributed by atoms with Crippen molar-refractivity contribution in [3.8, 4) is 0 Å². The summed E-state index contributed by atoms with van der Waals surface area (Å²) >= 11 is 0. The third-order valence-electron chi connectivity index (χ3n) is 3.95. The lowest BCUT2D eigenvalue weighted by atomic mass is 9.88. The van der Waals surface area contributed by atoms with E-state index in [4.69, 9.17) is 0 Å². The summed E-state index contributed by atoms with van der Waals surface area (Å²) in [6.07, 6.45) is 1.90. The van der Waals surface area contributed by atoms with Gasteiger partial charge in [-0.1, -0.05) is 25.1 Å². The zero-order chi connectivity index (χ0) is 12.4. The number of nitrogens with one attached hydrogen (secondary N) is 1. The first-order valence-electron chi connectivity index (χ1n) is 6.56. The molecular formula is C15H23NO. The van der Waals surface area contributed by atoms with Gasteiger partial charge in [0.2, 0.25) is 0 Å². The van der Waals surface area contributed by atoms with Crippen LogP contribution in [0.2, 0.25) is 0 Å². The van der Waals surface area contributed by atoms with Crippen molar-refractivity contribution >= 4 is 0 Å². The molecule has 1 heterocycles. The van der Waals surface area contributed by atoms with Crippen LogP contribution in [0.1, 0.15) is 42.6 Å². The van der Waals surface area contributed by atoms with Crippen LogP contribution >= 0.6 is 0 Å². The lowest BCUT2D eigenvalue weighted by molar-refractivity contribution is 0.101. The molecule has 3 atom stereocenters. The summed E-state index contributed by atoms with van der Waals surface area (Å²) in [5.41, 5.74) is 3.58. The number of rotatable bonds is 2. The van der Waals surface area contributed by atoms with Gasteiger partial charge in [0.05, 0.1) is 6.10 Å². The number of hydrogen-bond donors (Lipinski definition) is 2. The second-order valence-electron chi connectivity index (χ2n) is 5.48. The molecule has 1 aliphatic rings. The van der Waals surface area contributed by atoms with E-state index in [1.165, 1.54) is 17.5 Å². The number of aryl methyl sites for hydroxylation is 2. The van der Waals surface area contributed by atoms with Crippen LogP contribution in [0.5, 0.6) is 0 Å². The molecule has 1 aliphatic heterocycles.